The number of nitrogens with two attached hydrogens (primary N) is 1. The third-order valence-corrected chi connectivity index (χ3v) is 3.54. The minimum Gasteiger partial charge on any atom is -0.368 e. The van der Waals surface area contributed by atoms with E-state index in [9.17, 15) is 13.2 Å². The van der Waals surface area contributed by atoms with Gasteiger partial charge in [-0.1, -0.05) is 0 Å². The molecular formula is C11H13F3N6. The predicted molar refractivity (Wildman–Crippen MR) is 67.1 cm³/mol. The van der Waals surface area contributed by atoms with Crippen molar-refractivity contribution < 1.29 is 13.2 Å². The van der Waals surface area contributed by atoms with Crippen LogP contribution in [-0.2, 0) is 0 Å². The molecule has 0 aliphatic carbocycles. The Bertz CT molecular complexity index is 614. The third-order valence-electron chi connectivity index (χ3n) is 3.54. The Hall–Kier alpha value is -2.06. The number of H-pyrrole nitrogens is 1. The molecular weight excluding hydrogens is 273 g/mol. The maximum Gasteiger partial charge on any atom is 0.391 e. The number of nitrogen functional groups attached to an aromatic ring is 1. The summed E-state index contributed by atoms with van der Waals surface area (Å²) < 4.78 is 38.0. The molecule has 2 aromatic heterocycles. The maximum atomic E-state index is 12.7. The summed E-state index contributed by atoms with van der Waals surface area (Å²) in [6.45, 7) is 0.573. The highest BCUT2D eigenvalue weighted by atomic mass is 19.4. The Labute approximate surface area is 112 Å². The number of aromatic nitrogens is 4. The van der Waals surface area contributed by atoms with E-state index in [0.717, 1.165) is 0 Å². The Morgan fingerprint density at radius 2 is 1.95 bits per heavy atom. The fraction of sp³-hybridized carbons (Fsp3) is 0.545. The van der Waals surface area contributed by atoms with E-state index in [2.05, 4.69) is 19.9 Å². The van der Waals surface area contributed by atoms with Crippen LogP contribution in [0.1, 0.15) is 12.8 Å². The Kier molecular flexibility index (Phi) is 2.91. The van der Waals surface area contributed by atoms with Crippen LogP contribution in [0.4, 0.5) is 24.9 Å². The summed E-state index contributed by atoms with van der Waals surface area (Å²) >= 11 is 0. The molecule has 0 saturated carbocycles. The fourth-order valence-corrected chi connectivity index (χ4v) is 2.48. The van der Waals surface area contributed by atoms with Crippen LogP contribution >= 0.6 is 0 Å². The number of alkyl halides is 3. The molecule has 0 aromatic carbocycles. The van der Waals surface area contributed by atoms with E-state index in [0.29, 0.717) is 17.0 Å². The van der Waals surface area contributed by atoms with Crippen LogP contribution in [0.5, 0.6) is 0 Å². The van der Waals surface area contributed by atoms with Gasteiger partial charge in [0.15, 0.2) is 11.5 Å². The van der Waals surface area contributed by atoms with Crippen LogP contribution in [-0.4, -0.2) is 39.2 Å². The standard InChI is InChI=1S/C11H13F3N6/c12-11(13,14)6-1-3-20(4-2-6)9-7-8(17-5-16-7)18-10(15)19-9/h5-6H,1-4H2,(H3,15,16,17,18,19). The molecule has 0 radical (unpaired) electrons. The first-order chi connectivity index (χ1) is 9.45. The van der Waals surface area contributed by atoms with Crippen LogP contribution in [0.2, 0.25) is 0 Å². The molecule has 3 rings (SSSR count). The lowest BCUT2D eigenvalue weighted by Crippen LogP contribution is -2.39. The second-order valence-corrected chi connectivity index (χ2v) is 4.81. The highest BCUT2D eigenvalue weighted by molar-refractivity contribution is 5.84. The molecule has 1 aliphatic rings. The van der Waals surface area contributed by atoms with E-state index in [4.69, 9.17) is 5.73 Å². The fourth-order valence-electron chi connectivity index (χ4n) is 2.48. The van der Waals surface area contributed by atoms with Crippen molar-refractivity contribution in [2.24, 2.45) is 5.92 Å². The highest BCUT2D eigenvalue weighted by Crippen LogP contribution is 2.35. The first-order valence-corrected chi connectivity index (χ1v) is 6.23. The lowest BCUT2D eigenvalue weighted by Gasteiger charge is -2.33. The van der Waals surface area contributed by atoms with Crippen LogP contribution < -0.4 is 10.6 Å². The molecule has 0 amide bonds. The van der Waals surface area contributed by atoms with Gasteiger partial charge in [-0.05, 0) is 12.8 Å². The molecule has 0 bridgehead atoms. The normalized spacial score (nSPS) is 17.9. The van der Waals surface area contributed by atoms with Crippen molar-refractivity contribution in [3.63, 3.8) is 0 Å². The summed E-state index contributed by atoms with van der Waals surface area (Å²) in [6, 6.07) is 0. The largest absolute Gasteiger partial charge is 0.391 e. The molecule has 1 aliphatic heterocycles. The highest BCUT2D eigenvalue weighted by Gasteiger charge is 2.41. The van der Waals surface area contributed by atoms with Crippen molar-refractivity contribution in [3.05, 3.63) is 6.33 Å². The molecule has 9 heteroatoms. The number of anilines is 2. The van der Waals surface area contributed by atoms with Crippen molar-refractivity contribution in [2.45, 2.75) is 19.0 Å². The Balaban J connectivity index is 1.85. The van der Waals surface area contributed by atoms with Crippen LogP contribution in [0.15, 0.2) is 6.33 Å². The van der Waals surface area contributed by atoms with Gasteiger partial charge in [-0.3, -0.25) is 0 Å². The van der Waals surface area contributed by atoms with E-state index in [1.807, 2.05) is 0 Å². The smallest absolute Gasteiger partial charge is 0.368 e. The number of aromatic amines is 1. The Morgan fingerprint density at radius 3 is 2.60 bits per heavy atom. The average molecular weight is 286 g/mol. The van der Waals surface area contributed by atoms with Crippen LogP contribution in [0.3, 0.4) is 0 Å². The number of halogens is 3. The topological polar surface area (TPSA) is 83.7 Å². The van der Waals surface area contributed by atoms with Crippen molar-refractivity contribution >= 4 is 22.9 Å². The summed E-state index contributed by atoms with van der Waals surface area (Å²) in [6.07, 6.45) is -2.54. The molecule has 1 saturated heterocycles. The minimum absolute atomic E-state index is 0.0586. The minimum atomic E-state index is -4.12. The van der Waals surface area contributed by atoms with Gasteiger partial charge in [0.05, 0.1) is 12.2 Å². The van der Waals surface area contributed by atoms with E-state index in [1.165, 1.54) is 6.33 Å². The summed E-state index contributed by atoms with van der Waals surface area (Å²) in [4.78, 5) is 16.8. The number of fused-ring (bicyclic) bond motifs is 1. The first kappa shape index (κ1) is 12.9. The van der Waals surface area contributed by atoms with E-state index < -0.39 is 12.1 Å². The van der Waals surface area contributed by atoms with E-state index in [-0.39, 0.29) is 31.9 Å². The average Bonchev–Trinajstić information content (AvgIpc) is 2.85. The van der Waals surface area contributed by atoms with Gasteiger partial charge in [-0.15, -0.1) is 0 Å². The lowest BCUT2D eigenvalue weighted by atomic mass is 9.96. The molecule has 0 unspecified atom stereocenters. The van der Waals surface area contributed by atoms with Gasteiger partial charge in [0.25, 0.3) is 0 Å². The number of imidazole rings is 1. The molecule has 0 atom stereocenters. The Morgan fingerprint density at radius 1 is 1.25 bits per heavy atom. The number of piperidine rings is 1. The number of hydrogen-bond acceptors (Lipinski definition) is 5. The van der Waals surface area contributed by atoms with Gasteiger partial charge in [0, 0.05) is 13.1 Å². The van der Waals surface area contributed by atoms with Gasteiger partial charge in [-0.25, -0.2) is 4.98 Å². The molecule has 3 heterocycles. The molecule has 108 valence electrons. The molecule has 1 fully saturated rings. The predicted octanol–water partition coefficient (Wildman–Crippen LogP) is 1.71. The SMILES string of the molecule is Nc1nc(N2CCC(C(F)(F)F)CC2)c2[nH]cnc2n1. The lowest BCUT2D eigenvalue weighted by molar-refractivity contribution is -0.179. The summed E-state index contributed by atoms with van der Waals surface area (Å²) in [7, 11) is 0. The third kappa shape index (κ3) is 2.23. The van der Waals surface area contributed by atoms with Crippen LogP contribution in [0.25, 0.3) is 11.2 Å². The van der Waals surface area contributed by atoms with Gasteiger partial charge >= 0.3 is 6.18 Å². The second kappa shape index (κ2) is 4.50. The molecule has 20 heavy (non-hydrogen) atoms. The van der Waals surface area contributed by atoms with E-state index >= 15 is 0 Å². The first-order valence-electron chi connectivity index (χ1n) is 6.23. The van der Waals surface area contributed by atoms with Gasteiger partial charge < -0.3 is 15.6 Å². The number of hydrogen-bond donors (Lipinski definition) is 2. The quantitative estimate of drug-likeness (QED) is 0.833. The number of rotatable bonds is 1. The molecule has 6 nitrogen and oxygen atoms in total. The zero-order valence-corrected chi connectivity index (χ0v) is 10.5. The summed E-state index contributed by atoms with van der Waals surface area (Å²) in [5.74, 6) is -0.654. The molecule has 0 spiro atoms. The van der Waals surface area contributed by atoms with E-state index in [1.54, 1.807) is 4.90 Å². The van der Waals surface area contributed by atoms with Crippen molar-refractivity contribution in [1.29, 1.82) is 0 Å². The van der Waals surface area contributed by atoms with Crippen molar-refractivity contribution in [1.82, 2.24) is 19.9 Å². The zero-order valence-electron chi connectivity index (χ0n) is 10.5. The van der Waals surface area contributed by atoms with Crippen molar-refractivity contribution in [2.75, 3.05) is 23.7 Å². The molecule has 2 aromatic rings. The monoisotopic (exact) mass is 286 g/mol. The maximum absolute atomic E-state index is 12.7. The van der Waals surface area contributed by atoms with Crippen molar-refractivity contribution in [3.8, 4) is 0 Å². The van der Waals surface area contributed by atoms with Gasteiger partial charge in [0.1, 0.15) is 5.52 Å². The molecule has 3 N–H and O–H groups in total. The number of nitrogens with one attached hydrogen (secondary N) is 1. The van der Waals surface area contributed by atoms with Gasteiger partial charge in [-0.2, -0.15) is 23.1 Å². The zero-order chi connectivity index (χ0) is 14.3. The number of nitrogens with zero attached hydrogens (tertiary/aromatic N) is 4. The van der Waals surface area contributed by atoms with Gasteiger partial charge in [0.2, 0.25) is 5.95 Å². The second-order valence-electron chi connectivity index (χ2n) is 4.81. The summed E-state index contributed by atoms with van der Waals surface area (Å²) in [5.41, 5.74) is 6.63. The summed E-state index contributed by atoms with van der Waals surface area (Å²) in [5, 5.41) is 0. The van der Waals surface area contributed by atoms with Crippen LogP contribution in [0, 0.1) is 5.92 Å².